The van der Waals surface area contributed by atoms with Crippen molar-refractivity contribution in [1.29, 1.82) is 0 Å². The summed E-state index contributed by atoms with van der Waals surface area (Å²) in [6.07, 6.45) is 0.420. The van der Waals surface area contributed by atoms with Crippen LogP contribution in [0.2, 0.25) is 0 Å². The molecule has 0 heterocycles. The minimum absolute atomic E-state index is 0. The van der Waals surface area contributed by atoms with Gasteiger partial charge < -0.3 is 15.4 Å². The van der Waals surface area contributed by atoms with Gasteiger partial charge in [0, 0.05) is 32.0 Å². The molecule has 1 rings (SSSR count). The van der Waals surface area contributed by atoms with E-state index in [-0.39, 0.29) is 42.4 Å². The molecule has 0 aliphatic heterocycles. The second-order valence-electron chi connectivity index (χ2n) is 6.50. The van der Waals surface area contributed by atoms with E-state index in [1.165, 1.54) is 0 Å². The minimum atomic E-state index is -0.122. The van der Waals surface area contributed by atoms with Gasteiger partial charge in [-0.05, 0) is 43.1 Å². The first-order valence-electron chi connectivity index (χ1n) is 7.99. The molecule has 136 valence electrons. The van der Waals surface area contributed by atoms with Crippen molar-refractivity contribution in [3.05, 3.63) is 29.8 Å². The third-order valence-corrected chi connectivity index (χ3v) is 3.70. The van der Waals surface area contributed by atoms with Gasteiger partial charge >= 0.3 is 0 Å². The van der Waals surface area contributed by atoms with Gasteiger partial charge in [0.1, 0.15) is 5.75 Å². The number of carbonyl (C=O) groups excluding carboxylic acids is 2. The Labute approximate surface area is 151 Å². The molecule has 6 heteroatoms. The van der Waals surface area contributed by atoms with Gasteiger partial charge in [-0.3, -0.25) is 9.59 Å². The van der Waals surface area contributed by atoms with E-state index in [9.17, 15) is 9.59 Å². The summed E-state index contributed by atoms with van der Waals surface area (Å²) < 4.78 is 5.34. The molecule has 0 saturated carbocycles. The molecule has 0 aliphatic rings. The zero-order valence-electron chi connectivity index (χ0n) is 15.0. The number of Topliss-reactive ketones (excluding diaryl/α,β-unsaturated/α-hetero) is 1. The van der Waals surface area contributed by atoms with Gasteiger partial charge in [0.15, 0.2) is 5.78 Å². The van der Waals surface area contributed by atoms with Gasteiger partial charge in [0.2, 0.25) is 5.91 Å². The number of ether oxygens (including phenoxy) is 1. The van der Waals surface area contributed by atoms with Gasteiger partial charge in [-0.1, -0.05) is 13.8 Å². The van der Waals surface area contributed by atoms with Crippen molar-refractivity contribution in [1.82, 2.24) is 4.90 Å². The average molecular weight is 357 g/mol. The predicted octanol–water partition coefficient (Wildman–Crippen LogP) is 2.91. The van der Waals surface area contributed by atoms with Crippen LogP contribution in [0.15, 0.2) is 24.3 Å². The highest BCUT2D eigenvalue weighted by molar-refractivity contribution is 5.98. The highest BCUT2D eigenvalue weighted by atomic mass is 35.5. The molecule has 24 heavy (non-hydrogen) atoms. The van der Waals surface area contributed by atoms with Crippen LogP contribution in [0.4, 0.5) is 0 Å². The number of benzene rings is 1. The molecular weight excluding hydrogens is 328 g/mol. The predicted molar refractivity (Wildman–Crippen MR) is 98.9 cm³/mol. The molecule has 5 nitrogen and oxygen atoms in total. The number of carbonyl (C=O) groups is 2. The lowest BCUT2D eigenvalue weighted by atomic mass is 9.93. The molecule has 1 aromatic carbocycles. The number of rotatable bonds is 9. The summed E-state index contributed by atoms with van der Waals surface area (Å²) in [5, 5.41) is 0. The molecule has 0 bridgehead atoms. The van der Waals surface area contributed by atoms with Crippen LogP contribution < -0.4 is 10.5 Å². The van der Waals surface area contributed by atoms with E-state index >= 15 is 0 Å². The van der Waals surface area contributed by atoms with Crippen LogP contribution in [0.3, 0.4) is 0 Å². The van der Waals surface area contributed by atoms with Crippen molar-refractivity contribution in [2.45, 2.75) is 33.6 Å². The normalized spacial score (nSPS) is 10.7. The van der Waals surface area contributed by atoms with Gasteiger partial charge in [-0.25, -0.2) is 0 Å². The Bertz CT molecular complexity index is 530. The summed E-state index contributed by atoms with van der Waals surface area (Å²) >= 11 is 0. The molecule has 0 atom stereocenters. The van der Waals surface area contributed by atoms with Gasteiger partial charge in [-0.15, -0.1) is 12.4 Å². The summed E-state index contributed by atoms with van der Waals surface area (Å²) in [5.41, 5.74) is 6.17. The van der Waals surface area contributed by atoms with Crippen LogP contribution in [-0.4, -0.2) is 43.3 Å². The Morgan fingerprint density at radius 1 is 1.17 bits per heavy atom. The van der Waals surface area contributed by atoms with Crippen molar-refractivity contribution in [2.24, 2.45) is 11.1 Å². The maximum Gasteiger partial charge on any atom is 0.222 e. The van der Waals surface area contributed by atoms with Crippen molar-refractivity contribution in [2.75, 3.05) is 26.7 Å². The number of nitrogens with two attached hydrogens (primary N) is 1. The molecule has 1 amide bonds. The largest absolute Gasteiger partial charge is 0.494 e. The van der Waals surface area contributed by atoms with Crippen LogP contribution in [0.25, 0.3) is 0 Å². The smallest absolute Gasteiger partial charge is 0.222 e. The summed E-state index contributed by atoms with van der Waals surface area (Å²) in [4.78, 5) is 25.9. The fraction of sp³-hybridized carbons (Fsp3) is 0.556. The van der Waals surface area contributed by atoms with Crippen molar-refractivity contribution < 1.29 is 14.3 Å². The highest BCUT2D eigenvalue weighted by Crippen LogP contribution is 2.16. The summed E-state index contributed by atoms with van der Waals surface area (Å²) in [6.45, 7) is 7.62. The number of nitrogens with zero attached hydrogens (tertiary/aromatic N) is 1. The lowest BCUT2D eigenvalue weighted by Crippen LogP contribution is -2.39. The van der Waals surface area contributed by atoms with Crippen LogP contribution >= 0.6 is 12.4 Å². The Morgan fingerprint density at radius 3 is 2.25 bits per heavy atom. The van der Waals surface area contributed by atoms with Crippen LogP contribution in [-0.2, 0) is 4.79 Å². The lowest BCUT2D eigenvalue weighted by molar-refractivity contribution is -0.131. The second kappa shape index (κ2) is 10.3. The lowest BCUT2D eigenvalue weighted by Gasteiger charge is -2.29. The number of hydrogen-bond acceptors (Lipinski definition) is 4. The van der Waals surface area contributed by atoms with Gasteiger partial charge in [0.05, 0.1) is 6.61 Å². The fourth-order valence-corrected chi connectivity index (χ4v) is 2.25. The summed E-state index contributed by atoms with van der Waals surface area (Å²) in [5.74, 6) is 0.669. The minimum Gasteiger partial charge on any atom is -0.494 e. The third-order valence-electron chi connectivity index (χ3n) is 3.70. The number of hydrogen-bond donors (Lipinski definition) is 1. The maximum absolute atomic E-state index is 12.2. The molecule has 0 saturated heterocycles. The van der Waals surface area contributed by atoms with E-state index in [0.717, 1.165) is 5.75 Å². The Hall–Kier alpha value is -1.59. The highest BCUT2D eigenvalue weighted by Gasteiger charge is 2.21. The zero-order chi connectivity index (χ0) is 17.5. The van der Waals surface area contributed by atoms with Gasteiger partial charge in [0.25, 0.3) is 0 Å². The van der Waals surface area contributed by atoms with Crippen molar-refractivity contribution in [3.63, 3.8) is 0 Å². The Morgan fingerprint density at radius 2 is 1.75 bits per heavy atom. The number of amides is 1. The van der Waals surface area contributed by atoms with E-state index in [1.807, 2.05) is 20.8 Å². The fourth-order valence-electron chi connectivity index (χ4n) is 2.25. The van der Waals surface area contributed by atoms with Crippen LogP contribution in [0.5, 0.6) is 5.75 Å². The Kier molecular flexibility index (Phi) is 9.63. The summed E-state index contributed by atoms with van der Waals surface area (Å²) in [6, 6.07) is 7.01. The maximum atomic E-state index is 12.2. The molecular formula is C18H29ClN2O3. The molecule has 0 unspecified atom stereocenters. The van der Waals surface area contributed by atoms with E-state index in [4.69, 9.17) is 10.5 Å². The van der Waals surface area contributed by atoms with Crippen molar-refractivity contribution >= 4 is 24.1 Å². The van der Waals surface area contributed by atoms with Gasteiger partial charge in [-0.2, -0.15) is 0 Å². The topological polar surface area (TPSA) is 72.6 Å². The molecule has 0 fully saturated rings. The first-order valence-corrected chi connectivity index (χ1v) is 7.99. The SMILES string of the molecule is CCOc1ccc(C(=O)CCC(=O)N(C)CC(C)(C)CN)cc1.Cl. The first kappa shape index (κ1) is 22.4. The third kappa shape index (κ3) is 7.32. The molecule has 2 N–H and O–H groups in total. The number of ketones is 1. The van der Waals surface area contributed by atoms with Crippen LogP contribution in [0, 0.1) is 5.41 Å². The average Bonchev–Trinajstić information content (AvgIpc) is 2.52. The van der Waals surface area contributed by atoms with Crippen molar-refractivity contribution in [3.8, 4) is 5.75 Å². The quantitative estimate of drug-likeness (QED) is 0.690. The standard InChI is InChI=1S/C18H28N2O3.ClH/c1-5-23-15-8-6-14(7-9-15)16(21)10-11-17(22)20(4)13-18(2,3)12-19;/h6-9H,5,10-13,19H2,1-4H3;1H. The molecule has 0 spiro atoms. The Balaban J connectivity index is 0.00000529. The summed E-state index contributed by atoms with van der Waals surface area (Å²) in [7, 11) is 1.75. The monoisotopic (exact) mass is 356 g/mol. The molecule has 0 aromatic heterocycles. The van der Waals surface area contributed by atoms with E-state index in [1.54, 1.807) is 36.2 Å². The van der Waals surface area contributed by atoms with Crippen LogP contribution in [0.1, 0.15) is 44.0 Å². The first-order chi connectivity index (χ1) is 10.8. The number of halogens is 1. The second-order valence-corrected chi connectivity index (χ2v) is 6.50. The molecule has 0 aliphatic carbocycles. The zero-order valence-corrected chi connectivity index (χ0v) is 15.8. The molecule has 1 aromatic rings. The van der Waals surface area contributed by atoms with E-state index in [0.29, 0.717) is 25.3 Å². The van der Waals surface area contributed by atoms with E-state index in [2.05, 4.69) is 0 Å². The van der Waals surface area contributed by atoms with E-state index < -0.39 is 0 Å². The molecule has 0 radical (unpaired) electrons.